The van der Waals surface area contributed by atoms with Crippen molar-refractivity contribution in [1.29, 1.82) is 0 Å². The number of hydrogen-bond acceptors (Lipinski definition) is 6. The minimum atomic E-state index is -0.384. The van der Waals surface area contributed by atoms with Crippen LogP contribution in [0, 0.1) is 6.92 Å². The van der Waals surface area contributed by atoms with Gasteiger partial charge in [-0.2, -0.15) is 0 Å². The fraction of sp³-hybridized carbons (Fsp3) is 0.667. The Morgan fingerprint density at radius 3 is 2.82 bits per heavy atom. The van der Waals surface area contributed by atoms with Crippen LogP contribution >= 0.6 is 11.3 Å². The van der Waals surface area contributed by atoms with Gasteiger partial charge in [-0.15, -0.1) is 0 Å². The Kier molecular flexibility index (Phi) is 5.90. The Bertz CT molecular complexity index is 538. The summed E-state index contributed by atoms with van der Waals surface area (Å²) >= 11 is 1.21. The normalized spacial score (nSPS) is 17.5. The van der Waals surface area contributed by atoms with Crippen molar-refractivity contribution in [3.05, 3.63) is 10.6 Å². The summed E-state index contributed by atoms with van der Waals surface area (Å²) in [4.78, 5) is 30.6. The fourth-order valence-electron chi connectivity index (χ4n) is 2.35. The summed E-state index contributed by atoms with van der Waals surface area (Å²) in [5.41, 5.74) is 0.597. The lowest BCUT2D eigenvalue weighted by Gasteiger charge is -2.22. The van der Waals surface area contributed by atoms with E-state index in [9.17, 15) is 9.59 Å². The Balaban J connectivity index is 2.21. The summed E-state index contributed by atoms with van der Waals surface area (Å²) in [6, 6.07) is 0. The predicted octanol–water partition coefficient (Wildman–Crippen LogP) is 2.55. The highest BCUT2D eigenvalue weighted by Gasteiger charge is 2.27. The van der Waals surface area contributed by atoms with Crippen molar-refractivity contribution in [1.82, 2.24) is 4.98 Å². The standard InChI is InChI=1S/C15H22N2O4S/c1-4-12(18)17(9-11-7-6-8-21-11)15-16-10(3)13(22-15)14(19)20-5-2/h11H,4-9H2,1-3H3/t11-/m0/s1. The van der Waals surface area contributed by atoms with Crippen molar-refractivity contribution in [2.75, 3.05) is 24.7 Å². The van der Waals surface area contributed by atoms with Gasteiger partial charge in [-0.25, -0.2) is 9.78 Å². The Morgan fingerprint density at radius 1 is 1.45 bits per heavy atom. The van der Waals surface area contributed by atoms with Crippen LogP contribution < -0.4 is 4.90 Å². The van der Waals surface area contributed by atoms with Gasteiger partial charge in [0.25, 0.3) is 0 Å². The molecule has 1 amide bonds. The van der Waals surface area contributed by atoms with Crippen LogP contribution in [0.4, 0.5) is 5.13 Å². The molecule has 0 spiro atoms. The summed E-state index contributed by atoms with van der Waals surface area (Å²) < 4.78 is 10.6. The van der Waals surface area contributed by atoms with E-state index in [2.05, 4.69) is 4.98 Å². The molecule has 1 fully saturated rings. The first-order valence-electron chi connectivity index (χ1n) is 7.63. The third-order valence-electron chi connectivity index (χ3n) is 3.49. The highest BCUT2D eigenvalue weighted by Crippen LogP contribution is 2.28. The average molecular weight is 326 g/mol. The van der Waals surface area contributed by atoms with Gasteiger partial charge in [0.15, 0.2) is 5.13 Å². The van der Waals surface area contributed by atoms with Gasteiger partial charge in [0.1, 0.15) is 4.88 Å². The second-order valence-electron chi connectivity index (χ2n) is 5.12. The maximum absolute atomic E-state index is 12.2. The minimum absolute atomic E-state index is 0.0142. The number of thiazole rings is 1. The fourth-order valence-corrected chi connectivity index (χ4v) is 3.34. The van der Waals surface area contributed by atoms with Crippen molar-refractivity contribution in [2.24, 2.45) is 0 Å². The van der Waals surface area contributed by atoms with Crippen molar-refractivity contribution < 1.29 is 19.1 Å². The Morgan fingerprint density at radius 2 is 2.23 bits per heavy atom. The van der Waals surface area contributed by atoms with Gasteiger partial charge < -0.3 is 9.47 Å². The number of anilines is 1. The second-order valence-corrected chi connectivity index (χ2v) is 6.10. The molecule has 6 nitrogen and oxygen atoms in total. The zero-order chi connectivity index (χ0) is 16.1. The number of hydrogen-bond donors (Lipinski definition) is 0. The highest BCUT2D eigenvalue weighted by molar-refractivity contribution is 7.17. The first-order chi connectivity index (χ1) is 10.6. The second kappa shape index (κ2) is 7.69. The van der Waals surface area contributed by atoms with E-state index >= 15 is 0 Å². The Labute approximate surface area is 134 Å². The maximum Gasteiger partial charge on any atom is 0.350 e. The molecule has 1 aromatic rings. The largest absolute Gasteiger partial charge is 0.462 e. The molecule has 1 aliphatic rings. The summed E-state index contributed by atoms with van der Waals surface area (Å²) in [6.45, 7) is 6.88. The first-order valence-corrected chi connectivity index (χ1v) is 8.45. The van der Waals surface area contributed by atoms with Crippen LogP contribution in [0.1, 0.15) is 48.5 Å². The summed E-state index contributed by atoms with van der Waals surface area (Å²) in [5.74, 6) is -0.399. The molecule has 2 rings (SSSR count). The van der Waals surface area contributed by atoms with Gasteiger partial charge >= 0.3 is 5.97 Å². The van der Waals surface area contributed by atoms with E-state index in [-0.39, 0.29) is 18.0 Å². The zero-order valence-electron chi connectivity index (χ0n) is 13.3. The van der Waals surface area contributed by atoms with E-state index in [0.717, 1.165) is 19.4 Å². The predicted molar refractivity (Wildman–Crippen MR) is 84.4 cm³/mol. The molecule has 1 aliphatic heterocycles. The van der Waals surface area contributed by atoms with Crippen LogP contribution in [0.25, 0.3) is 0 Å². The number of aromatic nitrogens is 1. The molecule has 1 aromatic heterocycles. The van der Waals surface area contributed by atoms with Gasteiger partial charge in [-0.05, 0) is 26.7 Å². The van der Waals surface area contributed by atoms with Gasteiger partial charge in [-0.3, -0.25) is 9.69 Å². The SMILES string of the molecule is CCOC(=O)c1sc(N(C[C@@H]2CCCO2)C(=O)CC)nc1C. The molecule has 1 atom stereocenters. The molecule has 22 heavy (non-hydrogen) atoms. The topological polar surface area (TPSA) is 68.7 Å². The lowest BCUT2D eigenvalue weighted by Crippen LogP contribution is -2.37. The van der Waals surface area contributed by atoms with Gasteiger partial charge in [0, 0.05) is 13.0 Å². The summed E-state index contributed by atoms with van der Waals surface area (Å²) in [6.07, 6.45) is 2.40. The molecular formula is C15H22N2O4S. The summed E-state index contributed by atoms with van der Waals surface area (Å²) in [5, 5.41) is 0.544. The van der Waals surface area contributed by atoms with E-state index in [1.807, 2.05) is 6.92 Å². The average Bonchev–Trinajstić information content (AvgIpc) is 3.13. The molecule has 2 heterocycles. The molecule has 122 valence electrons. The van der Waals surface area contributed by atoms with Crippen LogP contribution in [0.3, 0.4) is 0 Å². The number of amides is 1. The van der Waals surface area contributed by atoms with E-state index in [4.69, 9.17) is 9.47 Å². The third-order valence-corrected chi connectivity index (χ3v) is 4.65. The van der Waals surface area contributed by atoms with Crippen LogP contribution in [0.2, 0.25) is 0 Å². The van der Waals surface area contributed by atoms with Crippen molar-refractivity contribution in [2.45, 2.75) is 46.1 Å². The zero-order valence-corrected chi connectivity index (χ0v) is 14.1. The third kappa shape index (κ3) is 3.84. The number of carbonyl (C=O) groups is 2. The number of aryl methyl sites for hydroxylation is 1. The van der Waals surface area contributed by atoms with Crippen molar-refractivity contribution in [3.63, 3.8) is 0 Å². The van der Waals surface area contributed by atoms with Gasteiger partial charge in [-0.1, -0.05) is 18.3 Å². The molecule has 0 bridgehead atoms. The van der Waals surface area contributed by atoms with E-state index in [1.165, 1.54) is 11.3 Å². The molecule has 7 heteroatoms. The number of nitrogens with zero attached hydrogens (tertiary/aromatic N) is 2. The van der Waals surface area contributed by atoms with Crippen LogP contribution in [0.15, 0.2) is 0 Å². The van der Waals surface area contributed by atoms with E-state index in [0.29, 0.717) is 35.3 Å². The number of ether oxygens (including phenoxy) is 2. The number of esters is 1. The maximum atomic E-state index is 12.2. The van der Waals surface area contributed by atoms with Gasteiger partial charge in [0.05, 0.1) is 24.9 Å². The molecular weight excluding hydrogens is 304 g/mol. The molecule has 0 aliphatic carbocycles. The molecule has 1 saturated heterocycles. The van der Waals surface area contributed by atoms with Crippen LogP contribution in [0.5, 0.6) is 0 Å². The molecule has 0 N–H and O–H groups in total. The lowest BCUT2D eigenvalue weighted by molar-refractivity contribution is -0.118. The molecule has 0 unspecified atom stereocenters. The number of carbonyl (C=O) groups excluding carboxylic acids is 2. The monoisotopic (exact) mass is 326 g/mol. The molecule has 0 aromatic carbocycles. The molecule has 0 radical (unpaired) electrons. The smallest absolute Gasteiger partial charge is 0.350 e. The first kappa shape index (κ1) is 16.9. The van der Waals surface area contributed by atoms with Crippen molar-refractivity contribution in [3.8, 4) is 0 Å². The highest BCUT2D eigenvalue weighted by atomic mass is 32.1. The van der Waals surface area contributed by atoms with E-state index in [1.54, 1.807) is 18.7 Å². The summed E-state index contributed by atoms with van der Waals surface area (Å²) in [7, 11) is 0. The van der Waals surface area contributed by atoms with Gasteiger partial charge in [0.2, 0.25) is 5.91 Å². The quantitative estimate of drug-likeness (QED) is 0.752. The lowest BCUT2D eigenvalue weighted by atomic mass is 10.2. The van der Waals surface area contributed by atoms with Crippen LogP contribution in [-0.2, 0) is 14.3 Å². The minimum Gasteiger partial charge on any atom is -0.462 e. The number of rotatable bonds is 6. The van der Waals surface area contributed by atoms with Crippen molar-refractivity contribution >= 4 is 28.3 Å². The van der Waals surface area contributed by atoms with E-state index < -0.39 is 0 Å². The molecule has 0 saturated carbocycles. The van der Waals surface area contributed by atoms with Crippen LogP contribution in [-0.4, -0.2) is 42.7 Å². The Hall–Kier alpha value is -1.47.